The van der Waals surface area contributed by atoms with E-state index in [1.54, 1.807) is 6.08 Å². The molecule has 1 saturated heterocycles. The van der Waals surface area contributed by atoms with Crippen molar-refractivity contribution < 1.29 is 14.6 Å². The summed E-state index contributed by atoms with van der Waals surface area (Å²) in [7, 11) is 0. The fraction of sp³-hybridized carbons (Fsp3) is 0.273. The highest BCUT2D eigenvalue weighted by Gasteiger charge is 2.33. The van der Waals surface area contributed by atoms with E-state index in [-0.39, 0.29) is 18.2 Å². The van der Waals surface area contributed by atoms with E-state index in [0.717, 1.165) is 12.0 Å². The minimum Gasteiger partial charge on any atom is -0.507 e. The van der Waals surface area contributed by atoms with Gasteiger partial charge in [0.05, 0.1) is 11.7 Å². The van der Waals surface area contributed by atoms with Crippen molar-refractivity contribution >= 4 is 5.76 Å². The van der Waals surface area contributed by atoms with Gasteiger partial charge in [-0.15, -0.1) is 0 Å². The summed E-state index contributed by atoms with van der Waals surface area (Å²) in [6.07, 6.45) is 2.41. The molecule has 0 radical (unpaired) electrons. The van der Waals surface area contributed by atoms with Crippen molar-refractivity contribution in [1.82, 2.24) is 0 Å². The lowest BCUT2D eigenvalue weighted by molar-refractivity contribution is -0.199. The van der Waals surface area contributed by atoms with Crippen LogP contribution in [0.3, 0.4) is 0 Å². The molecule has 1 aromatic rings. The van der Waals surface area contributed by atoms with Crippen LogP contribution in [0.5, 0.6) is 5.75 Å². The summed E-state index contributed by atoms with van der Waals surface area (Å²) in [4.78, 5) is 0. The Morgan fingerprint density at radius 3 is 2.93 bits per heavy atom. The summed E-state index contributed by atoms with van der Waals surface area (Å²) in [5.74, 6) is 0.924. The number of para-hydroxylation sites is 1. The van der Waals surface area contributed by atoms with Crippen LogP contribution in [0.1, 0.15) is 12.0 Å². The largest absolute Gasteiger partial charge is 0.507 e. The quantitative estimate of drug-likeness (QED) is 0.680. The van der Waals surface area contributed by atoms with E-state index in [2.05, 4.69) is 0 Å². The average molecular weight is 190 g/mol. The first kappa shape index (κ1) is 7.88. The first-order valence-corrected chi connectivity index (χ1v) is 4.65. The van der Waals surface area contributed by atoms with Crippen LogP contribution >= 0.6 is 0 Å². The number of ether oxygens (including phenoxy) is 2. The number of hydrogen-bond acceptors (Lipinski definition) is 3. The standard InChI is InChI=1S/C11H10O3/c12-9-5-7-6-11(13-7)14-10-4-2-1-3-8(9)10/h1-5,7,11-12H,6H2/b9-5+. The molecule has 0 aliphatic carbocycles. The van der Waals surface area contributed by atoms with Crippen LogP contribution < -0.4 is 4.74 Å². The van der Waals surface area contributed by atoms with Crippen molar-refractivity contribution in [1.29, 1.82) is 0 Å². The van der Waals surface area contributed by atoms with E-state index in [9.17, 15) is 5.11 Å². The highest BCUT2D eigenvalue weighted by molar-refractivity contribution is 5.65. The molecule has 1 N–H and O–H groups in total. The Morgan fingerprint density at radius 2 is 2.07 bits per heavy atom. The smallest absolute Gasteiger partial charge is 0.203 e. The molecule has 1 fully saturated rings. The van der Waals surface area contributed by atoms with E-state index >= 15 is 0 Å². The fourth-order valence-corrected chi connectivity index (χ4v) is 1.75. The van der Waals surface area contributed by atoms with Crippen LogP contribution in [0, 0.1) is 0 Å². The van der Waals surface area contributed by atoms with Gasteiger partial charge in [0.25, 0.3) is 0 Å². The summed E-state index contributed by atoms with van der Waals surface area (Å²) in [6, 6.07) is 7.43. The second-order valence-corrected chi connectivity index (χ2v) is 3.51. The summed E-state index contributed by atoms with van der Waals surface area (Å²) < 4.78 is 10.9. The van der Waals surface area contributed by atoms with Crippen molar-refractivity contribution in [3.8, 4) is 5.75 Å². The Hall–Kier alpha value is -1.48. The molecular formula is C11H10O3. The van der Waals surface area contributed by atoms with Gasteiger partial charge in [0.1, 0.15) is 11.5 Å². The van der Waals surface area contributed by atoms with E-state index < -0.39 is 0 Å². The highest BCUT2D eigenvalue weighted by Crippen LogP contribution is 2.34. The van der Waals surface area contributed by atoms with Crippen LogP contribution in [0.15, 0.2) is 30.3 Å². The lowest BCUT2D eigenvalue weighted by Gasteiger charge is -2.36. The van der Waals surface area contributed by atoms with Gasteiger partial charge in [0, 0.05) is 6.42 Å². The van der Waals surface area contributed by atoms with Gasteiger partial charge in [-0.3, -0.25) is 0 Å². The maximum atomic E-state index is 9.76. The molecule has 3 heterocycles. The maximum absolute atomic E-state index is 9.76. The zero-order valence-electron chi connectivity index (χ0n) is 7.51. The van der Waals surface area contributed by atoms with E-state index in [1.807, 2.05) is 24.3 Å². The Bertz CT molecular complexity index is 391. The molecule has 0 amide bonds. The molecule has 72 valence electrons. The Kier molecular flexibility index (Phi) is 1.55. The lowest BCUT2D eigenvalue weighted by Crippen LogP contribution is -2.41. The molecule has 1 aromatic carbocycles. The molecule has 0 aromatic heterocycles. The van der Waals surface area contributed by atoms with Gasteiger partial charge in [0.15, 0.2) is 0 Å². The van der Waals surface area contributed by atoms with Gasteiger partial charge in [-0.05, 0) is 18.2 Å². The SMILES string of the molecule is O/C1=C/C2CC(Oc3ccccc31)O2. The van der Waals surface area contributed by atoms with Gasteiger partial charge in [-0.25, -0.2) is 0 Å². The van der Waals surface area contributed by atoms with E-state index in [1.165, 1.54) is 0 Å². The summed E-state index contributed by atoms with van der Waals surface area (Å²) >= 11 is 0. The Labute approximate surface area is 81.6 Å². The number of aliphatic hydroxyl groups excluding tert-OH is 1. The third-order valence-corrected chi connectivity index (χ3v) is 2.52. The van der Waals surface area contributed by atoms with Crippen molar-refractivity contribution in [2.75, 3.05) is 0 Å². The first-order chi connectivity index (χ1) is 6.83. The monoisotopic (exact) mass is 190 g/mol. The molecule has 14 heavy (non-hydrogen) atoms. The maximum Gasteiger partial charge on any atom is 0.203 e. The number of hydrogen-bond donors (Lipinski definition) is 1. The fourth-order valence-electron chi connectivity index (χ4n) is 1.75. The van der Waals surface area contributed by atoms with Crippen molar-refractivity contribution in [2.45, 2.75) is 18.8 Å². The molecule has 2 bridgehead atoms. The van der Waals surface area contributed by atoms with Crippen molar-refractivity contribution in [3.05, 3.63) is 35.9 Å². The number of rotatable bonds is 0. The predicted molar refractivity (Wildman–Crippen MR) is 51.0 cm³/mol. The molecule has 3 nitrogen and oxygen atoms in total. The van der Waals surface area contributed by atoms with Crippen LogP contribution in [-0.2, 0) is 4.74 Å². The van der Waals surface area contributed by atoms with Crippen LogP contribution in [-0.4, -0.2) is 17.5 Å². The molecule has 3 aliphatic rings. The zero-order valence-corrected chi connectivity index (χ0v) is 7.51. The Balaban J connectivity index is 2.11. The molecular weight excluding hydrogens is 180 g/mol. The van der Waals surface area contributed by atoms with Gasteiger partial charge < -0.3 is 14.6 Å². The highest BCUT2D eigenvalue weighted by atomic mass is 16.7. The minimum absolute atomic E-state index is 0.00774. The molecule has 2 atom stereocenters. The normalized spacial score (nSPS) is 32.4. The van der Waals surface area contributed by atoms with Gasteiger partial charge in [-0.2, -0.15) is 0 Å². The van der Waals surface area contributed by atoms with Crippen LogP contribution in [0.2, 0.25) is 0 Å². The van der Waals surface area contributed by atoms with Crippen molar-refractivity contribution in [2.24, 2.45) is 0 Å². The second kappa shape index (κ2) is 2.75. The summed E-state index contributed by atoms with van der Waals surface area (Å²) in [5, 5.41) is 9.76. The van der Waals surface area contributed by atoms with Gasteiger partial charge in [0.2, 0.25) is 6.29 Å². The Morgan fingerprint density at radius 1 is 1.29 bits per heavy atom. The number of benzene rings is 1. The molecule has 4 rings (SSSR count). The molecule has 2 unspecified atom stereocenters. The lowest BCUT2D eigenvalue weighted by atomic mass is 10.0. The molecule has 0 spiro atoms. The van der Waals surface area contributed by atoms with Crippen LogP contribution in [0.25, 0.3) is 5.76 Å². The summed E-state index contributed by atoms with van der Waals surface area (Å²) in [6.45, 7) is 0. The minimum atomic E-state index is -0.148. The molecule has 3 aliphatic heterocycles. The van der Waals surface area contributed by atoms with E-state index in [4.69, 9.17) is 9.47 Å². The first-order valence-electron chi connectivity index (χ1n) is 4.65. The van der Waals surface area contributed by atoms with Crippen LogP contribution in [0.4, 0.5) is 0 Å². The third kappa shape index (κ3) is 1.09. The molecule has 3 heteroatoms. The third-order valence-electron chi connectivity index (χ3n) is 2.52. The van der Waals surface area contributed by atoms with Gasteiger partial charge in [-0.1, -0.05) is 12.1 Å². The van der Waals surface area contributed by atoms with Gasteiger partial charge >= 0.3 is 0 Å². The average Bonchev–Trinajstić information content (AvgIpc) is 2.11. The molecule has 0 saturated carbocycles. The van der Waals surface area contributed by atoms with Crippen molar-refractivity contribution in [3.63, 3.8) is 0 Å². The van der Waals surface area contributed by atoms with E-state index in [0.29, 0.717) is 5.75 Å². The zero-order chi connectivity index (χ0) is 9.54. The predicted octanol–water partition coefficient (Wildman–Crippen LogP) is 2.09. The number of aliphatic hydroxyl groups is 1. The second-order valence-electron chi connectivity index (χ2n) is 3.51. The topological polar surface area (TPSA) is 38.7 Å². The summed E-state index contributed by atoms with van der Waals surface area (Å²) in [5.41, 5.74) is 0.741.